The lowest BCUT2D eigenvalue weighted by Crippen LogP contribution is -2.22. The Labute approximate surface area is 88.3 Å². The lowest BCUT2D eigenvalue weighted by Gasteiger charge is -2.20. The van der Waals surface area contributed by atoms with E-state index < -0.39 is 5.41 Å². The normalized spacial score (nSPS) is 14.0. The third kappa shape index (κ3) is 2.63. The number of hydrogen-bond donors (Lipinski definition) is 0. The highest BCUT2D eigenvalue weighted by Gasteiger charge is 2.27. The minimum atomic E-state index is -0.862. The Kier molecular flexibility index (Phi) is 3.21. The fourth-order valence-corrected chi connectivity index (χ4v) is 1.52. The number of carbonyl (C=O) groups is 1. The molecule has 2 nitrogen and oxygen atoms in total. The fourth-order valence-electron chi connectivity index (χ4n) is 1.52. The Hall–Kier alpha value is -1.69. The van der Waals surface area contributed by atoms with Gasteiger partial charge in [-0.1, -0.05) is 12.1 Å². The second kappa shape index (κ2) is 4.22. The Morgan fingerprint density at radius 3 is 2.40 bits per heavy atom. The minimum absolute atomic E-state index is 0.0524. The Balaban J connectivity index is 3.07. The van der Waals surface area contributed by atoms with Gasteiger partial charge in [0.05, 0.1) is 11.5 Å². The van der Waals surface area contributed by atoms with E-state index in [2.05, 4.69) is 6.07 Å². The first kappa shape index (κ1) is 11.4. The average molecular weight is 205 g/mol. The predicted molar refractivity (Wildman–Crippen MR) is 54.7 cm³/mol. The van der Waals surface area contributed by atoms with Crippen LogP contribution in [-0.2, 0) is 10.2 Å². The van der Waals surface area contributed by atoms with Crippen molar-refractivity contribution in [2.45, 2.75) is 25.7 Å². The second-order valence-corrected chi connectivity index (χ2v) is 3.83. The summed E-state index contributed by atoms with van der Waals surface area (Å²) in [5.74, 6) is -0.398. The molecule has 0 aromatic heterocycles. The lowest BCUT2D eigenvalue weighted by atomic mass is 9.80. The molecule has 1 aromatic carbocycles. The molecule has 0 heterocycles. The SMILES string of the molecule is CC(=O)CC(C)(C#N)c1ccc(F)cc1. The molecule has 0 N–H and O–H groups in total. The summed E-state index contributed by atoms with van der Waals surface area (Å²) in [5, 5.41) is 9.06. The van der Waals surface area contributed by atoms with Crippen molar-refractivity contribution in [2.24, 2.45) is 0 Å². The van der Waals surface area contributed by atoms with E-state index in [1.165, 1.54) is 19.1 Å². The van der Waals surface area contributed by atoms with Crippen LogP contribution in [0, 0.1) is 17.1 Å². The van der Waals surface area contributed by atoms with Gasteiger partial charge < -0.3 is 0 Å². The van der Waals surface area contributed by atoms with E-state index in [0.717, 1.165) is 0 Å². The molecular weight excluding hydrogens is 193 g/mol. The summed E-state index contributed by atoms with van der Waals surface area (Å²) in [4.78, 5) is 11.0. The molecule has 0 aliphatic carbocycles. The van der Waals surface area contributed by atoms with Gasteiger partial charge in [0.25, 0.3) is 0 Å². The number of ketones is 1. The van der Waals surface area contributed by atoms with Gasteiger partial charge in [0, 0.05) is 6.42 Å². The molecule has 0 amide bonds. The molecule has 0 radical (unpaired) electrons. The van der Waals surface area contributed by atoms with Crippen molar-refractivity contribution in [2.75, 3.05) is 0 Å². The third-order valence-corrected chi connectivity index (χ3v) is 2.33. The van der Waals surface area contributed by atoms with E-state index in [1.54, 1.807) is 19.1 Å². The number of benzene rings is 1. The third-order valence-electron chi connectivity index (χ3n) is 2.33. The quantitative estimate of drug-likeness (QED) is 0.761. The average Bonchev–Trinajstić information content (AvgIpc) is 2.17. The number of halogens is 1. The molecule has 0 saturated carbocycles. The van der Waals surface area contributed by atoms with Crippen molar-refractivity contribution >= 4 is 5.78 Å². The Morgan fingerprint density at radius 2 is 2.00 bits per heavy atom. The van der Waals surface area contributed by atoms with Gasteiger partial charge in [-0.25, -0.2) is 4.39 Å². The van der Waals surface area contributed by atoms with Gasteiger partial charge in [-0.2, -0.15) is 5.26 Å². The summed E-state index contributed by atoms with van der Waals surface area (Å²) in [5.41, 5.74) is -0.193. The van der Waals surface area contributed by atoms with E-state index in [9.17, 15) is 9.18 Å². The molecule has 0 aliphatic heterocycles. The predicted octanol–water partition coefficient (Wildman–Crippen LogP) is 2.59. The van der Waals surface area contributed by atoms with Gasteiger partial charge in [-0.05, 0) is 31.5 Å². The molecule has 1 atom stereocenters. The molecule has 0 spiro atoms. The molecule has 15 heavy (non-hydrogen) atoms. The van der Waals surface area contributed by atoms with Gasteiger partial charge in [0.1, 0.15) is 11.6 Å². The van der Waals surface area contributed by atoms with Crippen LogP contribution in [0.25, 0.3) is 0 Å². The number of nitrogens with zero attached hydrogens (tertiary/aromatic N) is 1. The van der Waals surface area contributed by atoms with Crippen molar-refractivity contribution in [3.63, 3.8) is 0 Å². The molecule has 3 heteroatoms. The van der Waals surface area contributed by atoms with Crippen LogP contribution in [0.2, 0.25) is 0 Å². The first-order chi connectivity index (χ1) is 6.98. The molecule has 1 unspecified atom stereocenters. The standard InChI is InChI=1S/C12H12FNO/c1-9(15)7-12(2,8-14)10-3-5-11(13)6-4-10/h3-6H,7H2,1-2H3. The maximum atomic E-state index is 12.7. The van der Waals surface area contributed by atoms with E-state index in [1.807, 2.05) is 0 Å². The van der Waals surface area contributed by atoms with E-state index in [0.29, 0.717) is 5.56 Å². The monoisotopic (exact) mass is 205 g/mol. The number of rotatable bonds is 3. The molecule has 1 rings (SSSR count). The van der Waals surface area contributed by atoms with E-state index in [-0.39, 0.29) is 18.0 Å². The largest absolute Gasteiger partial charge is 0.300 e. The van der Waals surface area contributed by atoms with Crippen LogP contribution in [0.1, 0.15) is 25.8 Å². The second-order valence-electron chi connectivity index (χ2n) is 3.83. The van der Waals surface area contributed by atoms with Crippen LogP contribution in [0.5, 0.6) is 0 Å². The van der Waals surface area contributed by atoms with Crippen LogP contribution < -0.4 is 0 Å². The van der Waals surface area contributed by atoms with Crippen LogP contribution in [0.3, 0.4) is 0 Å². The topological polar surface area (TPSA) is 40.9 Å². The Morgan fingerprint density at radius 1 is 1.47 bits per heavy atom. The highest BCUT2D eigenvalue weighted by Crippen LogP contribution is 2.27. The van der Waals surface area contributed by atoms with Crippen LogP contribution >= 0.6 is 0 Å². The maximum Gasteiger partial charge on any atom is 0.131 e. The van der Waals surface area contributed by atoms with Gasteiger partial charge in [0.15, 0.2) is 0 Å². The zero-order chi connectivity index (χ0) is 11.5. The fraction of sp³-hybridized carbons (Fsp3) is 0.333. The molecular formula is C12H12FNO. The first-order valence-electron chi connectivity index (χ1n) is 4.65. The van der Waals surface area contributed by atoms with Gasteiger partial charge in [-0.15, -0.1) is 0 Å². The zero-order valence-electron chi connectivity index (χ0n) is 8.75. The lowest BCUT2D eigenvalue weighted by molar-refractivity contribution is -0.117. The van der Waals surface area contributed by atoms with Crippen molar-refractivity contribution in [3.05, 3.63) is 35.6 Å². The highest BCUT2D eigenvalue weighted by atomic mass is 19.1. The van der Waals surface area contributed by atoms with Gasteiger partial charge in [0.2, 0.25) is 0 Å². The summed E-state index contributed by atoms with van der Waals surface area (Å²) in [7, 11) is 0. The molecule has 0 saturated heterocycles. The van der Waals surface area contributed by atoms with Gasteiger partial charge >= 0.3 is 0 Å². The number of Topliss-reactive ketones (excluding diaryl/α,β-unsaturated/α-hetero) is 1. The van der Waals surface area contributed by atoms with Crippen LogP contribution in [-0.4, -0.2) is 5.78 Å². The van der Waals surface area contributed by atoms with E-state index >= 15 is 0 Å². The molecule has 0 aliphatic rings. The van der Waals surface area contributed by atoms with Gasteiger partial charge in [-0.3, -0.25) is 4.79 Å². The van der Waals surface area contributed by atoms with Crippen LogP contribution in [0.4, 0.5) is 4.39 Å². The maximum absolute atomic E-state index is 12.7. The molecule has 0 fully saturated rings. The van der Waals surface area contributed by atoms with Crippen molar-refractivity contribution in [1.29, 1.82) is 5.26 Å². The zero-order valence-corrected chi connectivity index (χ0v) is 8.75. The molecule has 1 aromatic rings. The van der Waals surface area contributed by atoms with Crippen LogP contribution in [0.15, 0.2) is 24.3 Å². The van der Waals surface area contributed by atoms with Crippen molar-refractivity contribution < 1.29 is 9.18 Å². The molecule has 78 valence electrons. The van der Waals surface area contributed by atoms with Crippen molar-refractivity contribution in [3.8, 4) is 6.07 Å². The first-order valence-corrected chi connectivity index (χ1v) is 4.65. The summed E-state index contributed by atoms with van der Waals surface area (Å²) < 4.78 is 12.7. The Bertz CT molecular complexity index is 405. The number of carbonyl (C=O) groups excluding carboxylic acids is 1. The number of nitriles is 1. The molecule has 0 bridgehead atoms. The van der Waals surface area contributed by atoms with Crippen molar-refractivity contribution in [1.82, 2.24) is 0 Å². The summed E-state index contributed by atoms with van der Waals surface area (Å²) in [6, 6.07) is 7.78. The highest BCUT2D eigenvalue weighted by molar-refractivity contribution is 5.77. The number of hydrogen-bond acceptors (Lipinski definition) is 2. The summed E-state index contributed by atoms with van der Waals surface area (Å²) in [6.07, 6.45) is 0.148. The summed E-state index contributed by atoms with van der Waals surface area (Å²) >= 11 is 0. The minimum Gasteiger partial charge on any atom is -0.300 e. The summed E-state index contributed by atoms with van der Waals surface area (Å²) in [6.45, 7) is 3.13. The van der Waals surface area contributed by atoms with E-state index in [4.69, 9.17) is 5.26 Å². The smallest absolute Gasteiger partial charge is 0.131 e.